The Labute approximate surface area is 137 Å². The van der Waals surface area contributed by atoms with Crippen molar-refractivity contribution in [3.05, 3.63) is 48.5 Å². The summed E-state index contributed by atoms with van der Waals surface area (Å²) >= 11 is 0. The molecule has 3 aromatic rings. The van der Waals surface area contributed by atoms with Crippen LogP contribution in [-0.4, -0.2) is 39.7 Å². The van der Waals surface area contributed by atoms with E-state index in [9.17, 15) is 8.78 Å². The van der Waals surface area contributed by atoms with Crippen LogP contribution in [0.4, 0.5) is 14.6 Å². The molecule has 1 aliphatic rings. The molecule has 2 atom stereocenters. The van der Waals surface area contributed by atoms with E-state index in [1.165, 1.54) is 6.07 Å². The first-order valence-corrected chi connectivity index (χ1v) is 7.93. The fourth-order valence-corrected chi connectivity index (χ4v) is 2.95. The van der Waals surface area contributed by atoms with Crippen LogP contribution in [0.3, 0.4) is 0 Å². The van der Waals surface area contributed by atoms with Crippen molar-refractivity contribution in [2.75, 3.05) is 18.4 Å². The first kappa shape index (κ1) is 15.0. The number of imidazole rings is 1. The number of aromatic nitrogens is 3. The quantitative estimate of drug-likeness (QED) is 0.776. The summed E-state index contributed by atoms with van der Waals surface area (Å²) in [6.07, 6.45) is 2.95. The van der Waals surface area contributed by atoms with Gasteiger partial charge in [0, 0.05) is 12.7 Å². The van der Waals surface area contributed by atoms with Crippen LogP contribution in [0, 0.1) is 5.82 Å². The molecule has 0 amide bonds. The molecule has 1 fully saturated rings. The maximum absolute atomic E-state index is 14.1. The van der Waals surface area contributed by atoms with Gasteiger partial charge in [0.15, 0.2) is 11.6 Å². The van der Waals surface area contributed by atoms with Gasteiger partial charge < -0.3 is 10.6 Å². The van der Waals surface area contributed by atoms with Gasteiger partial charge in [-0.05, 0) is 37.2 Å². The van der Waals surface area contributed by atoms with E-state index in [4.69, 9.17) is 0 Å². The summed E-state index contributed by atoms with van der Waals surface area (Å²) in [5.74, 6) is -0.430. The Bertz CT molecular complexity index is 863. The van der Waals surface area contributed by atoms with Gasteiger partial charge in [-0.1, -0.05) is 6.07 Å². The molecule has 0 aliphatic carbocycles. The monoisotopic (exact) mass is 329 g/mol. The van der Waals surface area contributed by atoms with Crippen molar-refractivity contribution in [1.29, 1.82) is 0 Å². The summed E-state index contributed by atoms with van der Waals surface area (Å²) in [6, 6.07) is 8.13. The molecule has 3 aromatic heterocycles. The van der Waals surface area contributed by atoms with Gasteiger partial charge in [-0.3, -0.25) is 4.40 Å². The van der Waals surface area contributed by atoms with Crippen LogP contribution in [0.15, 0.2) is 42.7 Å². The Hall–Kier alpha value is -2.54. The minimum atomic E-state index is -1.02. The van der Waals surface area contributed by atoms with Crippen LogP contribution in [-0.2, 0) is 0 Å². The van der Waals surface area contributed by atoms with Gasteiger partial charge in [0.05, 0.1) is 23.6 Å². The van der Waals surface area contributed by atoms with Gasteiger partial charge in [0.25, 0.3) is 0 Å². The highest BCUT2D eigenvalue weighted by atomic mass is 19.1. The summed E-state index contributed by atoms with van der Waals surface area (Å²) in [5, 5.41) is 6.00. The number of hydrogen-bond donors (Lipinski definition) is 2. The summed E-state index contributed by atoms with van der Waals surface area (Å²) in [7, 11) is 0. The molecular weight excluding hydrogens is 312 g/mol. The van der Waals surface area contributed by atoms with Crippen molar-refractivity contribution in [3.8, 4) is 11.4 Å². The molecule has 2 N–H and O–H groups in total. The lowest BCUT2D eigenvalue weighted by molar-refractivity contribution is 0.240. The first-order chi connectivity index (χ1) is 11.7. The number of pyridine rings is 2. The molecular formula is C17H17F2N5. The number of anilines is 1. The van der Waals surface area contributed by atoms with Crippen molar-refractivity contribution >= 4 is 11.5 Å². The third kappa shape index (κ3) is 2.71. The number of halogens is 2. The SMILES string of the molecule is Fc1ccc(-c2cnc3ccccn23)nc1N[C@@H]1CNCC[C@H]1F. The highest BCUT2D eigenvalue weighted by Crippen LogP contribution is 2.23. The van der Waals surface area contributed by atoms with Crippen LogP contribution < -0.4 is 10.6 Å². The average Bonchev–Trinajstić information content (AvgIpc) is 3.03. The molecule has 0 bridgehead atoms. The summed E-state index contributed by atoms with van der Waals surface area (Å²) in [6.45, 7) is 1.08. The third-order valence-corrected chi connectivity index (χ3v) is 4.25. The minimum Gasteiger partial charge on any atom is -0.361 e. The molecule has 4 heterocycles. The fourth-order valence-electron chi connectivity index (χ4n) is 2.95. The minimum absolute atomic E-state index is 0.0646. The second-order valence-corrected chi connectivity index (χ2v) is 5.86. The summed E-state index contributed by atoms with van der Waals surface area (Å²) in [4.78, 5) is 8.67. The largest absolute Gasteiger partial charge is 0.361 e. The lowest BCUT2D eigenvalue weighted by atomic mass is 10.1. The van der Waals surface area contributed by atoms with Gasteiger partial charge in [-0.15, -0.1) is 0 Å². The molecule has 1 aliphatic heterocycles. The zero-order chi connectivity index (χ0) is 16.5. The zero-order valence-electron chi connectivity index (χ0n) is 12.9. The van der Waals surface area contributed by atoms with Gasteiger partial charge in [0.1, 0.15) is 11.8 Å². The molecule has 0 unspecified atom stereocenters. The molecule has 4 rings (SSSR count). The first-order valence-electron chi connectivity index (χ1n) is 7.93. The zero-order valence-corrected chi connectivity index (χ0v) is 12.9. The van der Waals surface area contributed by atoms with Crippen LogP contribution >= 0.6 is 0 Å². The van der Waals surface area contributed by atoms with Crippen molar-refractivity contribution in [1.82, 2.24) is 19.7 Å². The number of fused-ring (bicyclic) bond motifs is 1. The molecule has 0 radical (unpaired) electrons. The van der Waals surface area contributed by atoms with E-state index in [1.54, 1.807) is 12.3 Å². The number of hydrogen-bond acceptors (Lipinski definition) is 4. The van der Waals surface area contributed by atoms with E-state index in [0.717, 1.165) is 11.3 Å². The van der Waals surface area contributed by atoms with Gasteiger partial charge in [-0.25, -0.2) is 18.7 Å². The van der Waals surface area contributed by atoms with Crippen LogP contribution in [0.1, 0.15) is 6.42 Å². The molecule has 0 aromatic carbocycles. The Morgan fingerprint density at radius 1 is 1.25 bits per heavy atom. The molecule has 0 spiro atoms. The van der Waals surface area contributed by atoms with E-state index >= 15 is 0 Å². The van der Waals surface area contributed by atoms with Gasteiger partial charge in [0.2, 0.25) is 0 Å². The van der Waals surface area contributed by atoms with E-state index in [1.807, 2.05) is 28.8 Å². The number of piperidine rings is 1. The Kier molecular flexibility index (Phi) is 3.86. The third-order valence-electron chi connectivity index (χ3n) is 4.25. The van der Waals surface area contributed by atoms with E-state index < -0.39 is 18.0 Å². The summed E-state index contributed by atoms with van der Waals surface area (Å²) < 4.78 is 30.0. The smallest absolute Gasteiger partial charge is 0.165 e. The predicted octanol–water partition coefficient (Wildman–Crippen LogP) is 2.65. The summed E-state index contributed by atoms with van der Waals surface area (Å²) in [5.41, 5.74) is 2.12. The Morgan fingerprint density at radius 3 is 3.04 bits per heavy atom. The van der Waals surface area contributed by atoms with Crippen molar-refractivity contribution in [3.63, 3.8) is 0 Å². The normalized spacial score (nSPS) is 21.1. The number of nitrogens with zero attached hydrogens (tertiary/aromatic N) is 3. The Morgan fingerprint density at radius 2 is 2.17 bits per heavy atom. The van der Waals surface area contributed by atoms with Crippen molar-refractivity contribution in [2.24, 2.45) is 0 Å². The second-order valence-electron chi connectivity index (χ2n) is 5.86. The van der Waals surface area contributed by atoms with Crippen LogP contribution in [0.2, 0.25) is 0 Å². The number of rotatable bonds is 3. The Balaban J connectivity index is 1.68. The standard InChI is InChI=1S/C17H17F2N5/c18-11-6-7-20-9-14(11)23-17-12(19)4-5-13(22-17)15-10-21-16-3-1-2-8-24(15)16/h1-5,8,10-11,14,20H,6-7,9H2,(H,22,23)/t11-,14-/m1/s1. The molecule has 7 heteroatoms. The average molecular weight is 329 g/mol. The van der Waals surface area contributed by atoms with E-state index in [-0.39, 0.29) is 5.82 Å². The maximum Gasteiger partial charge on any atom is 0.165 e. The van der Waals surface area contributed by atoms with Crippen molar-refractivity contribution < 1.29 is 8.78 Å². The number of nitrogens with one attached hydrogen (secondary N) is 2. The topological polar surface area (TPSA) is 54.2 Å². The predicted molar refractivity (Wildman–Crippen MR) is 88.2 cm³/mol. The van der Waals surface area contributed by atoms with E-state index in [0.29, 0.717) is 25.2 Å². The van der Waals surface area contributed by atoms with E-state index in [2.05, 4.69) is 20.6 Å². The molecule has 24 heavy (non-hydrogen) atoms. The highest BCUT2D eigenvalue weighted by molar-refractivity contribution is 5.62. The lowest BCUT2D eigenvalue weighted by Crippen LogP contribution is -2.46. The molecule has 0 saturated carbocycles. The molecule has 124 valence electrons. The number of alkyl halides is 1. The van der Waals surface area contributed by atoms with Gasteiger partial charge >= 0.3 is 0 Å². The lowest BCUT2D eigenvalue weighted by Gasteiger charge is -2.28. The second kappa shape index (κ2) is 6.16. The maximum atomic E-state index is 14.1. The van der Waals surface area contributed by atoms with Crippen LogP contribution in [0.25, 0.3) is 17.0 Å². The van der Waals surface area contributed by atoms with Crippen molar-refractivity contribution in [2.45, 2.75) is 18.6 Å². The van der Waals surface area contributed by atoms with Crippen LogP contribution in [0.5, 0.6) is 0 Å². The molecule has 1 saturated heterocycles. The molecule has 5 nitrogen and oxygen atoms in total. The highest BCUT2D eigenvalue weighted by Gasteiger charge is 2.25. The fraction of sp³-hybridized carbons (Fsp3) is 0.294. The van der Waals surface area contributed by atoms with Gasteiger partial charge in [-0.2, -0.15) is 0 Å².